The minimum Gasteiger partial charge on any atom is -0.494 e. The Morgan fingerprint density at radius 3 is 2.83 bits per heavy atom. The fraction of sp³-hybridized carbons (Fsp3) is 0.200. The molecule has 7 nitrogen and oxygen atoms in total. The van der Waals surface area contributed by atoms with Crippen LogP contribution in [-0.4, -0.2) is 19.9 Å². The zero-order chi connectivity index (χ0) is 13.5. The van der Waals surface area contributed by atoms with Crippen molar-refractivity contribution in [3.05, 3.63) is 23.5 Å². The van der Waals surface area contributed by atoms with Gasteiger partial charge in [-0.3, -0.25) is 10.2 Å². The van der Waals surface area contributed by atoms with Crippen molar-refractivity contribution >= 4 is 18.4 Å². The van der Waals surface area contributed by atoms with Crippen molar-refractivity contribution in [1.82, 2.24) is 5.32 Å². The molecule has 0 atom stereocenters. The largest absolute Gasteiger partial charge is 0.494 e. The van der Waals surface area contributed by atoms with E-state index in [1.165, 1.54) is 19.2 Å². The molecule has 0 saturated heterocycles. The molecule has 96 valence electrons. The van der Waals surface area contributed by atoms with E-state index in [2.05, 4.69) is 10.5 Å². The first-order valence-electron chi connectivity index (χ1n) is 4.89. The minimum atomic E-state index is -0.667. The van der Waals surface area contributed by atoms with Crippen LogP contribution >= 0.6 is 0 Å². The zero-order valence-electron chi connectivity index (χ0n) is 9.61. The number of ether oxygens (including phenoxy) is 1. The summed E-state index contributed by atoms with van der Waals surface area (Å²) in [4.78, 5) is 10.3. The van der Waals surface area contributed by atoms with Gasteiger partial charge in [-0.25, -0.2) is 9.40 Å². The van der Waals surface area contributed by atoms with Crippen LogP contribution in [0.1, 0.15) is 5.56 Å². The molecule has 0 aliphatic heterocycles. The van der Waals surface area contributed by atoms with Gasteiger partial charge in [-0.1, -0.05) is 5.22 Å². The maximum Gasteiger partial charge on any atom is 0.207 e. The van der Waals surface area contributed by atoms with Crippen molar-refractivity contribution in [1.29, 1.82) is 10.9 Å². The SMILES string of the molecule is COc1ccc(N(C=N)N=N)c(CNC=O)c1F. The number of carbonyl (C=O) groups is 1. The molecular formula is C10H12FN5O2. The predicted octanol–water partition coefficient (Wildman–Crippen LogP) is 1.44. The van der Waals surface area contributed by atoms with E-state index in [1.807, 2.05) is 0 Å². The van der Waals surface area contributed by atoms with Gasteiger partial charge in [0.25, 0.3) is 0 Å². The van der Waals surface area contributed by atoms with E-state index in [4.69, 9.17) is 15.7 Å². The van der Waals surface area contributed by atoms with Crippen LogP contribution in [-0.2, 0) is 11.3 Å². The highest BCUT2D eigenvalue weighted by Crippen LogP contribution is 2.29. The molecule has 0 aromatic heterocycles. The lowest BCUT2D eigenvalue weighted by atomic mass is 10.1. The molecule has 0 saturated carbocycles. The summed E-state index contributed by atoms with van der Waals surface area (Å²) >= 11 is 0. The average Bonchev–Trinajstić information content (AvgIpc) is 2.39. The van der Waals surface area contributed by atoms with E-state index in [0.29, 0.717) is 6.41 Å². The Balaban J connectivity index is 3.31. The summed E-state index contributed by atoms with van der Waals surface area (Å²) in [6.45, 7) is -0.0955. The van der Waals surface area contributed by atoms with Crippen LogP contribution in [0.5, 0.6) is 5.75 Å². The predicted molar refractivity (Wildman–Crippen MR) is 62.3 cm³/mol. The molecule has 0 aliphatic carbocycles. The highest BCUT2D eigenvalue weighted by molar-refractivity contribution is 5.78. The summed E-state index contributed by atoms with van der Waals surface area (Å²) in [6.07, 6.45) is 1.19. The minimum absolute atomic E-state index is 0.0105. The Kier molecular flexibility index (Phi) is 4.73. The van der Waals surface area contributed by atoms with Crippen molar-refractivity contribution in [2.75, 3.05) is 12.1 Å². The third-order valence-corrected chi connectivity index (χ3v) is 2.24. The van der Waals surface area contributed by atoms with E-state index in [-0.39, 0.29) is 23.5 Å². The zero-order valence-corrected chi connectivity index (χ0v) is 9.61. The molecule has 0 radical (unpaired) electrons. The summed E-state index contributed by atoms with van der Waals surface area (Å²) in [6, 6.07) is 2.81. The summed E-state index contributed by atoms with van der Waals surface area (Å²) in [5.74, 6) is -0.656. The summed E-state index contributed by atoms with van der Waals surface area (Å²) < 4.78 is 18.8. The Hall–Kier alpha value is -2.51. The number of methoxy groups -OCH3 is 1. The molecule has 1 rings (SSSR count). The Morgan fingerprint density at radius 2 is 2.33 bits per heavy atom. The van der Waals surface area contributed by atoms with E-state index < -0.39 is 5.82 Å². The van der Waals surface area contributed by atoms with E-state index in [1.54, 1.807) is 0 Å². The highest BCUT2D eigenvalue weighted by Gasteiger charge is 2.17. The second-order valence-electron chi connectivity index (χ2n) is 3.15. The third-order valence-electron chi connectivity index (χ3n) is 2.24. The number of hydrogen-bond donors (Lipinski definition) is 3. The van der Waals surface area contributed by atoms with Gasteiger partial charge in [0.1, 0.15) is 6.34 Å². The van der Waals surface area contributed by atoms with E-state index in [0.717, 1.165) is 11.3 Å². The lowest BCUT2D eigenvalue weighted by Crippen LogP contribution is -2.19. The molecular weight excluding hydrogens is 241 g/mol. The molecule has 18 heavy (non-hydrogen) atoms. The van der Waals surface area contributed by atoms with Crippen LogP contribution in [0.15, 0.2) is 17.4 Å². The molecule has 0 aliphatic rings. The third kappa shape index (κ3) is 2.59. The Labute approximate surface area is 103 Å². The van der Waals surface area contributed by atoms with Crippen LogP contribution in [0.3, 0.4) is 0 Å². The van der Waals surface area contributed by atoms with Crippen LogP contribution in [0.2, 0.25) is 0 Å². The van der Waals surface area contributed by atoms with Crippen molar-refractivity contribution in [2.45, 2.75) is 6.54 Å². The van der Waals surface area contributed by atoms with Gasteiger partial charge in [0.15, 0.2) is 11.6 Å². The van der Waals surface area contributed by atoms with Gasteiger partial charge in [0.05, 0.1) is 12.8 Å². The number of amides is 1. The monoisotopic (exact) mass is 253 g/mol. The molecule has 0 bridgehead atoms. The number of hydrogen-bond acceptors (Lipinski definition) is 5. The molecule has 0 fully saturated rings. The first-order valence-corrected chi connectivity index (χ1v) is 4.89. The Bertz CT molecular complexity index is 458. The van der Waals surface area contributed by atoms with Crippen LogP contribution < -0.4 is 15.1 Å². The van der Waals surface area contributed by atoms with Gasteiger partial charge in [-0.15, -0.1) is 0 Å². The first kappa shape index (κ1) is 13.6. The van der Waals surface area contributed by atoms with Gasteiger partial charge < -0.3 is 10.1 Å². The molecule has 3 N–H and O–H groups in total. The summed E-state index contributed by atoms with van der Waals surface area (Å²) in [5.41, 5.74) is 7.17. The maximum absolute atomic E-state index is 14.0. The lowest BCUT2D eigenvalue weighted by molar-refractivity contribution is -0.109. The van der Waals surface area contributed by atoms with Gasteiger partial charge in [-0.05, 0) is 12.1 Å². The van der Waals surface area contributed by atoms with Crippen LogP contribution in [0, 0.1) is 16.8 Å². The summed E-state index contributed by atoms with van der Waals surface area (Å²) in [5, 5.41) is 13.3. The quantitative estimate of drug-likeness (QED) is 0.225. The topological polar surface area (TPSA) is 102 Å². The van der Waals surface area contributed by atoms with Crippen molar-refractivity contribution in [3.8, 4) is 5.75 Å². The normalized spacial score (nSPS) is 9.44. The van der Waals surface area contributed by atoms with Crippen LogP contribution in [0.4, 0.5) is 10.1 Å². The van der Waals surface area contributed by atoms with Crippen molar-refractivity contribution < 1.29 is 13.9 Å². The van der Waals surface area contributed by atoms with Gasteiger partial charge in [-0.2, -0.15) is 5.53 Å². The fourth-order valence-corrected chi connectivity index (χ4v) is 1.43. The molecule has 1 amide bonds. The number of rotatable bonds is 7. The van der Waals surface area contributed by atoms with E-state index in [9.17, 15) is 9.18 Å². The molecule has 0 heterocycles. The van der Waals surface area contributed by atoms with Gasteiger partial charge in [0.2, 0.25) is 6.41 Å². The van der Waals surface area contributed by atoms with Gasteiger partial charge >= 0.3 is 0 Å². The smallest absolute Gasteiger partial charge is 0.207 e. The number of halogens is 1. The van der Waals surface area contributed by atoms with Gasteiger partial charge in [0, 0.05) is 12.1 Å². The number of nitrogens with one attached hydrogen (secondary N) is 3. The Morgan fingerprint density at radius 1 is 1.61 bits per heavy atom. The molecule has 0 unspecified atom stereocenters. The maximum atomic E-state index is 14.0. The summed E-state index contributed by atoms with van der Waals surface area (Å²) in [7, 11) is 1.32. The number of nitrogens with zero attached hydrogens (tertiary/aromatic N) is 2. The second kappa shape index (κ2) is 6.28. The van der Waals surface area contributed by atoms with Crippen molar-refractivity contribution in [3.63, 3.8) is 0 Å². The lowest BCUT2D eigenvalue weighted by Gasteiger charge is -2.17. The molecule has 1 aromatic carbocycles. The van der Waals surface area contributed by atoms with Crippen molar-refractivity contribution in [2.24, 2.45) is 5.22 Å². The number of anilines is 1. The second-order valence-corrected chi connectivity index (χ2v) is 3.15. The highest BCUT2D eigenvalue weighted by atomic mass is 19.1. The molecule has 0 spiro atoms. The average molecular weight is 253 g/mol. The molecule has 1 aromatic rings. The fourth-order valence-electron chi connectivity index (χ4n) is 1.43. The first-order chi connectivity index (χ1) is 8.69. The number of carbonyl (C=O) groups excluding carboxylic acids is 1. The van der Waals surface area contributed by atoms with E-state index >= 15 is 0 Å². The number of benzene rings is 1. The van der Waals surface area contributed by atoms with Crippen LogP contribution in [0.25, 0.3) is 0 Å². The molecule has 8 heteroatoms. The standard InChI is InChI=1S/C10H12FN5O2/c1-18-9-3-2-8(16(5-12)15-13)7(10(9)11)4-14-6-17/h2-3,5-6,12-13H,4H2,1H3,(H,14,17).